The van der Waals surface area contributed by atoms with Crippen molar-refractivity contribution in [3.8, 4) is 0 Å². The van der Waals surface area contributed by atoms with Crippen LogP contribution in [0.25, 0.3) is 21.9 Å². The maximum Gasteiger partial charge on any atom is 0.277 e. The number of nitrogens with zero attached hydrogens (tertiary/aromatic N) is 3. The number of nitrogens with one attached hydrogen (secondary N) is 1. The predicted octanol–water partition coefficient (Wildman–Crippen LogP) is 4.03. The molecule has 3 heterocycles. The van der Waals surface area contributed by atoms with Crippen molar-refractivity contribution in [3.63, 3.8) is 0 Å². The van der Waals surface area contributed by atoms with E-state index < -0.39 is 0 Å². The number of halogens is 2. The Kier molecular flexibility index (Phi) is 5.66. The van der Waals surface area contributed by atoms with Crippen LogP contribution in [0.3, 0.4) is 0 Å². The van der Waals surface area contributed by atoms with Crippen molar-refractivity contribution in [3.05, 3.63) is 76.3 Å². The number of piperidine rings is 1. The van der Waals surface area contributed by atoms with Gasteiger partial charge in [-0.25, -0.2) is 13.8 Å². The molecule has 0 unspecified atom stereocenters. The molecule has 4 aromatic rings. The van der Waals surface area contributed by atoms with Gasteiger partial charge in [-0.15, -0.1) is 0 Å². The zero-order valence-electron chi connectivity index (χ0n) is 18.1. The number of aryl methyl sites for hydroxylation is 1. The van der Waals surface area contributed by atoms with Crippen LogP contribution >= 0.6 is 0 Å². The molecule has 170 valence electrons. The molecule has 0 bridgehead atoms. The van der Waals surface area contributed by atoms with Crippen molar-refractivity contribution in [2.45, 2.75) is 32.2 Å². The number of hydrogen-bond donors (Lipinski definition) is 1. The smallest absolute Gasteiger partial charge is 0.277 e. The Morgan fingerprint density at radius 1 is 1.06 bits per heavy atom. The van der Waals surface area contributed by atoms with Crippen LogP contribution in [0.5, 0.6) is 0 Å². The summed E-state index contributed by atoms with van der Waals surface area (Å²) in [7, 11) is 0. The maximum absolute atomic E-state index is 13.6. The Labute approximate surface area is 188 Å². The number of carbonyl (C=O) groups is 1. The minimum atomic E-state index is -0.388. The lowest BCUT2D eigenvalue weighted by molar-refractivity contribution is -0.132. The second kappa shape index (κ2) is 8.77. The average molecular weight is 450 g/mol. The standard InChI is InChI=1S/C25H24F2N4O2/c26-18-3-1-16(2-4-18)13-17-7-10-30(11-8-17)22(32)9-12-31-15-28-23-20-14-19(27)5-6-21(20)29-24(23)25(31)33/h1-6,14-15,17,29H,7-13H2. The molecule has 0 atom stereocenters. The van der Waals surface area contributed by atoms with Gasteiger partial charge in [-0.1, -0.05) is 12.1 Å². The van der Waals surface area contributed by atoms with Crippen LogP contribution in [0.1, 0.15) is 24.8 Å². The molecule has 0 aliphatic carbocycles. The highest BCUT2D eigenvalue weighted by Crippen LogP contribution is 2.23. The van der Waals surface area contributed by atoms with Crippen LogP contribution in [-0.4, -0.2) is 38.4 Å². The van der Waals surface area contributed by atoms with Gasteiger partial charge in [-0.2, -0.15) is 0 Å². The molecule has 2 aromatic heterocycles. The summed E-state index contributed by atoms with van der Waals surface area (Å²) in [5, 5.41) is 0.564. The van der Waals surface area contributed by atoms with E-state index in [0.29, 0.717) is 40.9 Å². The number of amides is 1. The first-order valence-corrected chi connectivity index (χ1v) is 11.2. The Hall–Kier alpha value is -3.55. The number of aromatic nitrogens is 3. The summed E-state index contributed by atoms with van der Waals surface area (Å²) in [5.74, 6) is -0.131. The molecule has 1 N–H and O–H groups in total. The molecule has 1 saturated heterocycles. The van der Waals surface area contributed by atoms with E-state index in [4.69, 9.17) is 0 Å². The Morgan fingerprint density at radius 3 is 2.55 bits per heavy atom. The fourth-order valence-electron chi connectivity index (χ4n) is 4.64. The van der Waals surface area contributed by atoms with Crippen molar-refractivity contribution in [1.29, 1.82) is 0 Å². The summed E-state index contributed by atoms with van der Waals surface area (Å²) in [4.78, 5) is 34.8. The van der Waals surface area contributed by atoms with Crippen LogP contribution < -0.4 is 5.56 Å². The maximum atomic E-state index is 13.6. The second-order valence-electron chi connectivity index (χ2n) is 8.69. The minimum absolute atomic E-state index is 0.0148. The molecular formula is C25H24F2N4O2. The molecule has 8 heteroatoms. The zero-order valence-corrected chi connectivity index (χ0v) is 18.1. The second-order valence-corrected chi connectivity index (χ2v) is 8.69. The summed E-state index contributed by atoms with van der Waals surface area (Å²) in [6, 6.07) is 10.9. The summed E-state index contributed by atoms with van der Waals surface area (Å²) in [5.41, 5.74) is 2.23. The van der Waals surface area contributed by atoms with Crippen LogP contribution in [-0.2, 0) is 17.8 Å². The third kappa shape index (κ3) is 4.37. The summed E-state index contributed by atoms with van der Waals surface area (Å²) in [6.45, 7) is 1.61. The van der Waals surface area contributed by atoms with Crippen LogP contribution in [0.15, 0.2) is 53.6 Å². The highest BCUT2D eigenvalue weighted by molar-refractivity contribution is 6.04. The van der Waals surface area contributed by atoms with Crippen LogP contribution in [0.2, 0.25) is 0 Å². The minimum Gasteiger partial charge on any atom is -0.349 e. The van der Waals surface area contributed by atoms with Crippen molar-refractivity contribution >= 4 is 27.8 Å². The van der Waals surface area contributed by atoms with Crippen molar-refractivity contribution in [2.24, 2.45) is 5.92 Å². The first-order chi connectivity index (χ1) is 16.0. The molecular weight excluding hydrogens is 426 g/mol. The number of benzene rings is 2. The number of aromatic amines is 1. The third-order valence-electron chi connectivity index (χ3n) is 6.51. The fourth-order valence-corrected chi connectivity index (χ4v) is 4.64. The van der Waals surface area contributed by atoms with Gasteiger partial charge in [0.1, 0.15) is 22.7 Å². The molecule has 1 aliphatic rings. The first kappa shape index (κ1) is 21.3. The molecule has 6 nitrogen and oxygen atoms in total. The van der Waals surface area contributed by atoms with E-state index in [1.54, 1.807) is 6.07 Å². The lowest BCUT2D eigenvalue weighted by Crippen LogP contribution is -2.39. The van der Waals surface area contributed by atoms with Crippen molar-refractivity contribution in [1.82, 2.24) is 19.4 Å². The predicted molar refractivity (Wildman–Crippen MR) is 122 cm³/mol. The van der Waals surface area contributed by atoms with Gasteiger partial charge >= 0.3 is 0 Å². The van der Waals surface area contributed by atoms with E-state index >= 15 is 0 Å². The number of rotatable bonds is 5. The van der Waals surface area contributed by atoms with E-state index in [1.165, 1.54) is 35.2 Å². The normalized spacial score (nSPS) is 14.9. The van der Waals surface area contributed by atoms with Crippen LogP contribution in [0.4, 0.5) is 8.78 Å². The zero-order chi connectivity index (χ0) is 22.9. The molecule has 1 amide bonds. The number of fused-ring (bicyclic) bond motifs is 3. The van der Waals surface area contributed by atoms with Crippen molar-refractivity contribution < 1.29 is 13.6 Å². The SMILES string of the molecule is O=C(CCn1cnc2c([nH]c3ccc(F)cc32)c1=O)N1CCC(Cc2ccc(F)cc2)CC1. The lowest BCUT2D eigenvalue weighted by Gasteiger charge is -2.32. The number of hydrogen-bond acceptors (Lipinski definition) is 3. The highest BCUT2D eigenvalue weighted by Gasteiger charge is 2.23. The molecule has 5 rings (SSSR count). The molecule has 0 spiro atoms. The average Bonchev–Trinajstić information content (AvgIpc) is 3.19. The number of likely N-dealkylation sites (tertiary alicyclic amines) is 1. The van der Waals surface area contributed by atoms with Gasteiger partial charge in [0.15, 0.2) is 0 Å². The quantitative estimate of drug-likeness (QED) is 0.499. The van der Waals surface area contributed by atoms with E-state index in [2.05, 4.69) is 9.97 Å². The van der Waals surface area contributed by atoms with Gasteiger partial charge in [0.2, 0.25) is 5.91 Å². The van der Waals surface area contributed by atoms with Crippen LogP contribution in [0, 0.1) is 17.6 Å². The molecule has 1 fully saturated rings. The molecule has 33 heavy (non-hydrogen) atoms. The van der Waals surface area contributed by atoms with Gasteiger partial charge in [-0.3, -0.25) is 14.2 Å². The molecule has 2 aromatic carbocycles. The van der Waals surface area contributed by atoms with Gasteiger partial charge < -0.3 is 9.88 Å². The summed E-state index contributed by atoms with van der Waals surface area (Å²) in [6.07, 6.45) is 4.33. The highest BCUT2D eigenvalue weighted by atomic mass is 19.1. The van der Waals surface area contributed by atoms with Crippen molar-refractivity contribution in [2.75, 3.05) is 13.1 Å². The van der Waals surface area contributed by atoms with Gasteiger partial charge in [0, 0.05) is 37.0 Å². The van der Waals surface area contributed by atoms with Gasteiger partial charge in [-0.05, 0) is 61.1 Å². The van der Waals surface area contributed by atoms with Gasteiger partial charge in [0.05, 0.1) is 6.33 Å². The fraction of sp³-hybridized carbons (Fsp3) is 0.320. The van der Waals surface area contributed by atoms with E-state index in [1.807, 2.05) is 17.0 Å². The largest absolute Gasteiger partial charge is 0.349 e. The summed E-state index contributed by atoms with van der Waals surface area (Å²) >= 11 is 0. The Balaban J connectivity index is 1.20. The third-order valence-corrected chi connectivity index (χ3v) is 6.51. The lowest BCUT2D eigenvalue weighted by atomic mass is 9.90. The molecule has 0 radical (unpaired) electrons. The first-order valence-electron chi connectivity index (χ1n) is 11.2. The van der Waals surface area contributed by atoms with E-state index in [-0.39, 0.29) is 36.1 Å². The van der Waals surface area contributed by atoms with E-state index in [9.17, 15) is 18.4 Å². The molecule has 0 saturated carbocycles. The monoisotopic (exact) mass is 450 g/mol. The Bertz CT molecular complexity index is 1370. The number of H-pyrrole nitrogens is 1. The Morgan fingerprint density at radius 2 is 1.79 bits per heavy atom. The number of carbonyl (C=O) groups excluding carboxylic acids is 1. The topological polar surface area (TPSA) is 71.0 Å². The van der Waals surface area contributed by atoms with E-state index in [0.717, 1.165) is 24.8 Å². The van der Waals surface area contributed by atoms with Gasteiger partial charge in [0.25, 0.3) is 5.56 Å². The molecule has 1 aliphatic heterocycles. The summed E-state index contributed by atoms with van der Waals surface area (Å²) < 4.78 is 28.1.